The van der Waals surface area contributed by atoms with E-state index in [1.54, 1.807) is 11.8 Å². The number of hydrogen-bond donors (Lipinski definition) is 0. The molecule has 0 radical (unpaired) electrons. The normalized spacial score (nSPS) is 17.9. The lowest BCUT2D eigenvalue weighted by atomic mass is 9.98. The highest BCUT2D eigenvalue weighted by molar-refractivity contribution is 7.98. The van der Waals surface area contributed by atoms with Crippen molar-refractivity contribution in [2.24, 2.45) is 0 Å². The van der Waals surface area contributed by atoms with Crippen LogP contribution in [0.2, 0.25) is 0 Å². The molecule has 0 aliphatic carbocycles. The van der Waals surface area contributed by atoms with Crippen LogP contribution in [0.5, 0.6) is 0 Å². The minimum absolute atomic E-state index is 0.563. The van der Waals surface area contributed by atoms with Gasteiger partial charge in [0.25, 0.3) is 10.1 Å². The van der Waals surface area contributed by atoms with Gasteiger partial charge in [-0.25, -0.2) is 0 Å². The van der Waals surface area contributed by atoms with E-state index in [-0.39, 0.29) is 0 Å². The average Bonchev–Trinajstić information content (AvgIpc) is 2.56. The van der Waals surface area contributed by atoms with Gasteiger partial charge in [-0.1, -0.05) is 42.5 Å². The van der Waals surface area contributed by atoms with E-state index >= 15 is 0 Å². The van der Waals surface area contributed by atoms with Gasteiger partial charge < -0.3 is 0 Å². The molecule has 5 heteroatoms. The third-order valence-corrected chi connectivity index (χ3v) is 4.87. The highest BCUT2D eigenvalue weighted by atomic mass is 32.2. The molecule has 0 aromatic heterocycles. The van der Waals surface area contributed by atoms with Crippen molar-refractivity contribution in [3.8, 4) is 0 Å². The van der Waals surface area contributed by atoms with E-state index in [4.69, 9.17) is 4.18 Å². The molecule has 104 valence electrons. The standard InChI is InChI=1S/C15H14O3S2/c1-20(16,17)18-15-12-7-3-2-6-11(12)10-19-14-9-5-4-8-13(14)15/h2-9,15H,10H2,1H3. The van der Waals surface area contributed by atoms with E-state index in [9.17, 15) is 8.42 Å². The van der Waals surface area contributed by atoms with E-state index < -0.39 is 16.2 Å². The van der Waals surface area contributed by atoms with Crippen molar-refractivity contribution in [2.45, 2.75) is 16.8 Å². The predicted molar refractivity (Wildman–Crippen MR) is 80.2 cm³/mol. The topological polar surface area (TPSA) is 43.4 Å². The van der Waals surface area contributed by atoms with Gasteiger partial charge in [-0.05, 0) is 17.2 Å². The largest absolute Gasteiger partial charge is 0.265 e. The summed E-state index contributed by atoms with van der Waals surface area (Å²) in [5.41, 5.74) is 2.95. The van der Waals surface area contributed by atoms with Crippen LogP contribution in [0.3, 0.4) is 0 Å². The maximum atomic E-state index is 11.6. The first-order valence-electron chi connectivity index (χ1n) is 6.22. The van der Waals surface area contributed by atoms with Crippen LogP contribution in [0.25, 0.3) is 0 Å². The number of fused-ring (bicyclic) bond motifs is 2. The Labute approximate surface area is 123 Å². The number of rotatable bonds is 2. The fourth-order valence-electron chi connectivity index (χ4n) is 2.35. The van der Waals surface area contributed by atoms with Crippen LogP contribution in [0.1, 0.15) is 22.8 Å². The molecule has 2 aromatic rings. The second kappa shape index (κ2) is 5.24. The summed E-state index contributed by atoms with van der Waals surface area (Å²) in [5.74, 6) is 0.816. The molecule has 0 N–H and O–H groups in total. The van der Waals surface area contributed by atoms with E-state index in [0.717, 1.165) is 33.6 Å². The van der Waals surface area contributed by atoms with Crippen molar-refractivity contribution in [1.82, 2.24) is 0 Å². The zero-order chi connectivity index (χ0) is 14.2. The molecule has 0 amide bonds. The van der Waals surface area contributed by atoms with E-state index in [0.29, 0.717) is 0 Å². The molecular weight excluding hydrogens is 292 g/mol. The van der Waals surface area contributed by atoms with Gasteiger partial charge in [-0.3, -0.25) is 4.18 Å². The van der Waals surface area contributed by atoms with Gasteiger partial charge in [0.2, 0.25) is 0 Å². The lowest BCUT2D eigenvalue weighted by molar-refractivity contribution is 0.253. The Hall–Kier alpha value is -1.30. The van der Waals surface area contributed by atoms with Crippen molar-refractivity contribution < 1.29 is 12.6 Å². The van der Waals surface area contributed by atoms with Gasteiger partial charge in [0, 0.05) is 16.2 Å². The van der Waals surface area contributed by atoms with E-state index in [1.165, 1.54) is 0 Å². The SMILES string of the molecule is CS(=O)(=O)OC1c2ccccc2CSc2ccccc21. The van der Waals surface area contributed by atoms with E-state index in [1.807, 2.05) is 48.5 Å². The maximum absolute atomic E-state index is 11.6. The van der Waals surface area contributed by atoms with Crippen LogP contribution in [0.15, 0.2) is 53.4 Å². The molecule has 2 aromatic carbocycles. The highest BCUT2D eigenvalue weighted by Gasteiger charge is 2.27. The summed E-state index contributed by atoms with van der Waals surface area (Å²) in [6.45, 7) is 0. The number of benzene rings is 2. The first-order valence-corrected chi connectivity index (χ1v) is 9.02. The smallest absolute Gasteiger partial charge is 0.257 e. The van der Waals surface area contributed by atoms with Gasteiger partial charge in [0.05, 0.1) is 6.26 Å². The molecule has 0 fully saturated rings. The van der Waals surface area contributed by atoms with Gasteiger partial charge in [0.1, 0.15) is 6.10 Å². The Morgan fingerprint density at radius 3 is 2.45 bits per heavy atom. The summed E-state index contributed by atoms with van der Waals surface area (Å²) in [6.07, 6.45) is 0.531. The quantitative estimate of drug-likeness (QED) is 0.798. The summed E-state index contributed by atoms with van der Waals surface area (Å²) in [4.78, 5) is 1.07. The van der Waals surface area contributed by atoms with Gasteiger partial charge >= 0.3 is 0 Å². The molecule has 0 bridgehead atoms. The minimum atomic E-state index is -3.53. The van der Waals surface area contributed by atoms with Crippen LogP contribution >= 0.6 is 11.8 Å². The van der Waals surface area contributed by atoms with Crippen molar-refractivity contribution >= 4 is 21.9 Å². The molecule has 1 aliphatic rings. The zero-order valence-electron chi connectivity index (χ0n) is 10.9. The van der Waals surface area contributed by atoms with Crippen LogP contribution in [-0.2, 0) is 20.1 Å². The number of hydrogen-bond acceptors (Lipinski definition) is 4. The third-order valence-electron chi connectivity index (χ3n) is 3.19. The second-order valence-electron chi connectivity index (χ2n) is 4.71. The van der Waals surface area contributed by atoms with Gasteiger partial charge in [0.15, 0.2) is 0 Å². The summed E-state index contributed by atoms with van der Waals surface area (Å²) >= 11 is 1.71. The van der Waals surface area contributed by atoms with Crippen LogP contribution in [-0.4, -0.2) is 14.7 Å². The zero-order valence-corrected chi connectivity index (χ0v) is 12.6. The Morgan fingerprint density at radius 2 is 1.70 bits per heavy atom. The fraction of sp³-hybridized carbons (Fsp3) is 0.200. The van der Waals surface area contributed by atoms with Gasteiger partial charge in [-0.2, -0.15) is 8.42 Å². The monoisotopic (exact) mass is 306 g/mol. The molecule has 1 atom stereocenters. The van der Waals surface area contributed by atoms with Crippen molar-refractivity contribution in [1.29, 1.82) is 0 Å². The Kier molecular flexibility index (Phi) is 3.58. The Balaban J connectivity index is 2.19. The van der Waals surface area contributed by atoms with Crippen molar-refractivity contribution in [3.63, 3.8) is 0 Å². The van der Waals surface area contributed by atoms with Crippen molar-refractivity contribution in [3.05, 3.63) is 65.2 Å². The molecule has 1 heterocycles. The van der Waals surface area contributed by atoms with Crippen molar-refractivity contribution in [2.75, 3.05) is 6.26 Å². The summed E-state index contributed by atoms with van der Waals surface area (Å²) in [5, 5.41) is 0. The molecule has 3 rings (SSSR count). The first-order chi connectivity index (χ1) is 9.54. The lowest BCUT2D eigenvalue weighted by Crippen LogP contribution is -2.13. The summed E-state index contributed by atoms with van der Waals surface area (Å²) in [6, 6.07) is 15.6. The number of thioether (sulfide) groups is 1. The molecule has 0 spiro atoms. The predicted octanol–water partition coefficient (Wildman–Crippen LogP) is 3.36. The van der Waals surface area contributed by atoms with Crippen LogP contribution in [0, 0.1) is 0 Å². The third kappa shape index (κ3) is 2.75. The summed E-state index contributed by atoms with van der Waals surface area (Å²) < 4.78 is 28.6. The Morgan fingerprint density at radius 1 is 1.05 bits per heavy atom. The van der Waals surface area contributed by atoms with Crippen LogP contribution < -0.4 is 0 Å². The Bertz CT molecular complexity index is 691. The molecule has 1 aliphatic heterocycles. The molecule has 1 unspecified atom stereocenters. The molecule has 0 saturated carbocycles. The van der Waals surface area contributed by atoms with Gasteiger partial charge in [-0.15, -0.1) is 11.8 Å². The first kappa shape index (κ1) is 13.7. The fourth-order valence-corrected chi connectivity index (χ4v) is 4.00. The minimum Gasteiger partial charge on any atom is -0.257 e. The maximum Gasteiger partial charge on any atom is 0.265 e. The van der Waals surface area contributed by atoms with Crippen LogP contribution in [0.4, 0.5) is 0 Å². The molecule has 20 heavy (non-hydrogen) atoms. The lowest BCUT2D eigenvalue weighted by Gasteiger charge is -2.18. The second-order valence-corrected chi connectivity index (χ2v) is 7.32. The summed E-state index contributed by atoms with van der Waals surface area (Å²) in [7, 11) is -3.53. The van der Waals surface area contributed by atoms with E-state index in [2.05, 4.69) is 0 Å². The molecule has 3 nitrogen and oxygen atoms in total. The average molecular weight is 306 g/mol. The highest BCUT2D eigenvalue weighted by Crippen LogP contribution is 2.41. The molecule has 0 saturated heterocycles. The molecular formula is C15H14O3S2.